The van der Waals surface area contributed by atoms with Crippen molar-refractivity contribution in [3.63, 3.8) is 0 Å². The Kier molecular flexibility index (Phi) is 3.70. The lowest BCUT2D eigenvalue weighted by Gasteiger charge is -2.56. The van der Waals surface area contributed by atoms with Crippen molar-refractivity contribution in [2.24, 2.45) is 23.2 Å². The zero-order valence-corrected chi connectivity index (χ0v) is 15.3. The number of pyridine rings is 1. The largest absolute Gasteiger partial charge is 0.467 e. The Labute approximate surface area is 154 Å². The minimum absolute atomic E-state index is 0.152. The summed E-state index contributed by atoms with van der Waals surface area (Å²) in [5.74, 6) is 4.05. The highest BCUT2D eigenvalue weighted by molar-refractivity contribution is 5.97. The minimum atomic E-state index is -0.187. The summed E-state index contributed by atoms with van der Waals surface area (Å²) in [7, 11) is 0. The maximum Gasteiger partial charge on any atom is 0.235 e. The number of nitrogens with zero attached hydrogens (tertiary/aromatic N) is 2. The first-order valence-corrected chi connectivity index (χ1v) is 9.93. The molecular formula is C22H26N2O2. The second kappa shape index (κ2) is 5.97. The van der Waals surface area contributed by atoms with Gasteiger partial charge in [0.15, 0.2) is 0 Å². The predicted octanol–water partition coefficient (Wildman–Crippen LogP) is 4.99. The van der Waals surface area contributed by atoms with Gasteiger partial charge < -0.3 is 4.42 Å². The number of amides is 1. The van der Waals surface area contributed by atoms with E-state index in [1.807, 2.05) is 42.2 Å². The molecule has 2 aromatic heterocycles. The van der Waals surface area contributed by atoms with Crippen LogP contribution >= 0.6 is 0 Å². The van der Waals surface area contributed by atoms with Gasteiger partial charge in [-0.25, -0.2) is 4.98 Å². The van der Waals surface area contributed by atoms with Gasteiger partial charge in [0, 0.05) is 6.20 Å². The fraction of sp³-hybridized carbons (Fsp3) is 0.545. The normalized spacial score (nSPS) is 33.2. The van der Waals surface area contributed by atoms with Gasteiger partial charge in [0.2, 0.25) is 5.91 Å². The standard InChI is InChI=1S/C22H26N2O2/c1-15(19-5-4-8-26-19)24(20-6-2-3-7-23-20)21(25)22-12-16-9-17(13-22)11-18(10-16)14-22/h2-8,15-18H,9-14H2,1H3. The smallest absolute Gasteiger partial charge is 0.235 e. The Hall–Kier alpha value is -2.10. The van der Waals surface area contributed by atoms with Crippen molar-refractivity contribution >= 4 is 11.7 Å². The van der Waals surface area contributed by atoms with Crippen LogP contribution in [0.5, 0.6) is 0 Å². The van der Waals surface area contributed by atoms with Crippen LogP contribution in [0.25, 0.3) is 0 Å². The summed E-state index contributed by atoms with van der Waals surface area (Å²) >= 11 is 0. The van der Waals surface area contributed by atoms with E-state index in [0.29, 0.717) is 0 Å². The average Bonchev–Trinajstić information content (AvgIpc) is 3.16. The van der Waals surface area contributed by atoms with Gasteiger partial charge in [-0.15, -0.1) is 0 Å². The molecule has 4 bridgehead atoms. The lowest BCUT2D eigenvalue weighted by molar-refractivity contribution is -0.144. The molecule has 1 amide bonds. The molecule has 0 N–H and O–H groups in total. The number of hydrogen-bond acceptors (Lipinski definition) is 3. The summed E-state index contributed by atoms with van der Waals surface area (Å²) < 4.78 is 5.65. The molecule has 4 aliphatic rings. The molecule has 1 unspecified atom stereocenters. The van der Waals surface area contributed by atoms with E-state index >= 15 is 0 Å². The highest BCUT2D eigenvalue weighted by Gasteiger charge is 2.56. The van der Waals surface area contributed by atoms with Crippen molar-refractivity contribution < 1.29 is 9.21 Å². The van der Waals surface area contributed by atoms with Crippen molar-refractivity contribution in [2.75, 3.05) is 4.90 Å². The molecule has 4 nitrogen and oxygen atoms in total. The molecule has 0 spiro atoms. The molecule has 0 radical (unpaired) electrons. The first kappa shape index (κ1) is 16.1. The molecular weight excluding hydrogens is 324 g/mol. The summed E-state index contributed by atoms with van der Waals surface area (Å²) in [4.78, 5) is 20.4. The van der Waals surface area contributed by atoms with Crippen LogP contribution in [-0.4, -0.2) is 10.9 Å². The van der Waals surface area contributed by atoms with Crippen LogP contribution in [0.2, 0.25) is 0 Å². The average molecular weight is 350 g/mol. The van der Waals surface area contributed by atoms with E-state index in [2.05, 4.69) is 4.98 Å². The SMILES string of the molecule is CC(c1ccco1)N(C(=O)C12CC3CC(CC(C3)C1)C2)c1ccccn1. The van der Waals surface area contributed by atoms with Crippen molar-refractivity contribution in [3.05, 3.63) is 48.6 Å². The zero-order valence-electron chi connectivity index (χ0n) is 15.3. The van der Waals surface area contributed by atoms with E-state index in [4.69, 9.17) is 4.42 Å². The summed E-state index contributed by atoms with van der Waals surface area (Å²) in [6.45, 7) is 2.05. The molecule has 0 aliphatic heterocycles. The van der Waals surface area contributed by atoms with E-state index in [1.165, 1.54) is 19.3 Å². The van der Waals surface area contributed by atoms with Gasteiger partial charge in [-0.2, -0.15) is 0 Å². The van der Waals surface area contributed by atoms with Crippen molar-refractivity contribution in [1.29, 1.82) is 0 Å². The van der Waals surface area contributed by atoms with E-state index in [1.54, 1.807) is 12.5 Å². The van der Waals surface area contributed by atoms with Gasteiger partial charge in [0.25, 0.3) is 0 Å². The van der Waals surface area contributed by atoms with Crippen molar-refractivity contribution in [2.45, 2.75) is 51.5 Å². The summed E-state index contributed by atoms with van der Waals surface area (Å²) in [5, 5.41) is 0. The zero-order chi connectivity index (χ0) is 17.7. The van der Waals surface area contributed by atoms with Gasteiger partial charge in [-0.05, 0) is 87.5 Å². The van der Waals surface area contributed by atoms with Gasteiger partial charge >= 0.3 is 0 Å². The maximum absolute atomic E-state index is 14.0. The van der Waals surface area contributed by atoms with Crippen LogP contribution in [0, 0.1) is 23.2 Å². The predicted molar refractivity (Wildman–Crippen MR) is 99.5 cm³/mol. The summed E-state index contributed by atoms with van der Waals surface area (Å²) in [6.07, 6.45) is 10.6. The van der Waals surface area contributed by atoms with Gasteiger partial charge in [0.05, 0.1) is 17.7 Å². The molecule has 4 fully saturated rings. The van der Waals surface area contributed by atoms with Gasteiger partial charge in [-0.3, -0.25) is 9.69 Å². The van der Waals surface area contributed by atoms with E-state index in [9.17, 15) is 4.79 Å². The number of carbonyl (C=O) groups is 1. The molecule has 26 heavy (non-hydrogen) atoms. The molecule has 0 saturated heterocycles. The van der Waals surface area contributed by atoms with Crippen LogP contribution < -0.4 is 4.90 Å². The Morgan fingerprint density at radius 2 is 1.81 bits per heavy atom. The fourth-order valence-corrected chi connectivity index (χ4v) is 6.26. The third-order valence-electron chi connectivity index (χ3n) is 6.95. The molecule has 4 heteroatoms. The Bertz CT molecular complexity index is 748. The molecule has 1 atom stereocenters. The van der Waals surface area contributed by atoms with E-state index < -0.39 is 0 Å². The van der Waals surface area contributed by atoms with Crippen LogP contribution in [0.3, 0.4) is 0 Å². The van der Waals surface area contributed by atoms with Gasteiger partial charge in [0.1, 0.15) is 11.6 Å². The first-order valence-electron chi connectivity index (χ1n) is 9.93. The maximum atomic E-state index is 14.0. The lowest BCUT2D eigenvalue weighted by Crippen LogP contribution is -2.55. The Balaban J connectivity index is 1.53. The van der Waals surface area contributed by atoms with Gasteiger partial charge in [-0.1, -0.05) is 6.07 Å². The number of hydrogen-bond donors (Lipinski definition) is 0. The molecule has 136 valence electrons. The number of rotatable bonds is 4. The minimum Gasteiger partial charge on any atom is -0.467 e. The molecule has 2 heterocycles. The monoisotopic (exact) mass is 350 g/mol. The second-order valence-corrected chi connectivity index (χ2v) is 8.75. The number of furan rings is 1. The Morgan fingerprint density at radius 1 is 1.12 bits per heavy atom. The molecule has 0 aromatic carbocycles. The quantitative estimate of drug-likeness (QED) is 0.781. The third-order valence-corrected chi connectivity index (χ3v) is 6.95. The summed E-state index contributed by atoms with van der Waals surface area (Å²) in [6, 6.07) is 9.48. The number of aromatic nitrogens is 1. The van der Waals surface area contributed by atoms with Crippen LogP contribution in [-0.2, 0) is 4.79 Å². The highest BCUT2D eigenvalue weighted by Crippen LogP contribution is 2.61. The fourth-order valence-electron chi connectivity index (χ4n) is 6.26. The highest BCUT2D eigenvalue weighted by atomic mass is 16.3. The number of carbonyl (C=O) groups excluding carboxylic acids is 1. The topological polar surface area (TPSA) is 46.3 Å². The Morgan fingerprint density at radius 3 is 2.35 bits per heavy atom. The van der Waals surface area contributed by atoms with E-state index in [-0.39, 0.29) is 17.4 Å². The van der Waals surface area contributed by atoms with Crippen LogP contribution in [0.4, 0.5) is 5.82 Å². The van der Waals surface area contributed by atoms with Crippen molar-refractivity contribution in [1.82, 2.24) is 4.98 Å². The second-order valence-electron chi connectivity index (χ2n) is 8.75. The molecule has 6 rings (SSSR count). The lowest BCUT2D eigenvalue weighted by atomic mass is 9.49. The van der Waals surface area contributed by atoms with Crippen molar-refractivity contribution in [3.8, 4) is 0 Å². The third kappa shape index (κ3) is 2.50. The summed E-state index contributed by atoms with van der Waals surface area (Å²) in [5.41, 5.74) is -0.187. The van der Waals surface area contributed by atoms with E-state index in [0.717, 1.165) is 48.6 Å². The molecule has 4 aliphatic carbocycles. The first-order chi connectivity index (χ1) is 12.6. The van der Waals surface area contributed by atoms with Crippen LogP contribution in [0.15, 0.2) is 47.2 Å². The molecule has 2 aromatic rings. The van der Waals surface area contributed by atoms with Crippen LogP contribution in [0.1, 0.15) is 57.3 Å². The molecule has 4 saturated carbocycles. The number of anilines is 1.